The summed E-state index contributed by atoms with van der Waals surface area (Å²) in [6.07, 6.45) is 1.87. The summed E-state index contributed by atoms with van der Waals surface area (Å²) in [4.78, 5) is 25.2. The lowest BCUT2D eigenvalue weighted by atomic mass is 9.70. The molecule has 3 rings (SSSR count). The summed E-state index contributed by atoms with van der Waals surface area (Å²) in [6.45, 7) is 1.40. The van der Waals surface area contributed by atoms with Gasteiger partial charge in [-0.1, -0.05) is 60.7 Å². The molecule has 2 unspecified atom stereocenters. The number of hydrogen-bond donors (Lipinski definition) is 0. The minimum absolute atomic E-state index is 0.135. The van der Waals surface area contributed by atoms with Gasteiger partial charge in [-0.2, -0.15) is 5.26 Å². The van der Waals surface area contributed by atoms with E-state index in [1.165, 1.54) is 6.92 Å². The average Bonchev–Trinajstić information content (AvgIpc) is 2.90. The molecule has 118 valence electrons. The summed E-state index contributed by atoms with van der Waals surface area (Å²) >= 11 is 0. The van der Waals surface area contributed by atoms with Crippen molar-refractivity contribution in [1.29, 1.82) is 5.26 Å². The van der Waals surface area contributed by atoms with E-state index in [0.29, 0.717) is 5.57 Å². The van der Waals surface area contributed by atoms with Crippen molar-refractivity contribution in [3.8, 4) is 6.07 Å². The van der Waals surface area contributed by atoms with E-state index in [1.54, 1.807) is 6.08 Å². The van der Waals surface area contributed by atoms with Crippen LogP contribution < -0.4 is 0 Å². The fourth-order valence-corrected chi connectivity index (χ4v) is 3.47. The zero-order chi connectivity index (χ0) is 17.2. The van der Waals surface area contributed by atoms with Crippen molar-refractivity contribution in [2.45, 2.75) is 19.3 Å². The minimum atomic E-state index is -1.42. The Hall–Kier alpha value is -2.99. The van der Waals surface area contributed by atoms with Gasteiger partial charge in [0.25, 0.3) is 0 Å². The number of rotatable bonds is 3. The first kappa shape index (κ1) is 15.9. The van der Waals surface area contributed by atoms with Crippen molar-refractivity contribution in [2.24, 2.45) is 5.41 Å². The summed E-state index contributed by atoms with van der Waals surface area (Å²) in [5, 5.41) is 9.92. The second-order valence-corrected chi connectivity index (χ2v) is 6.04. The standard InChI is InChI=1S/C21H17NO2/c1-15(23)21(14-22)18(17-10-6-3-7-11-17)13-20(24)19(21)12-16-8-4-2-5-9-16/h2-12,18H,13H2,1H3/b19-12-. The summed E-state index contributed by atoms with van der Waals surface area (Å²) < 4.78 is 0. The van der Waals surface area contributed by atoms with Crippen LogP contribution in [0, 0.1) is 16.7 Å². The summed E-state index contributed by atoms with van der Waals surface area (Å²) in [5.41, 5.74) is 0.543. The molecule has 0 amide bonds. The van der Waals surface area contributed by atoms with Gasteiger partial charge in [-0.15, -0.1) is 0 Å². The molecule has 0 aliphatic heterocycles. The Morgan fingerprint density at radius 3 is 2.25 bits per heavy atom. The Labute approximate surface area is 141 Å². The molecule has 24 heavy (non-hydrogen) atoms. The number of carbonyl (C=O) groups excluding carboxylic acids is 2. The fourth-order valence-electron chi connectivity index (χ4n) is 3.47. The maximum Gasteiger partial charge on any atom is 0.161 e. The highest BCUT2D eigenvalue weighted by atomic mass is 16.1. The third kappa shape index (κ3) is 2.47. The Bertz CT molecular complexity index is 846. The number of Topliss-reactive ketones (excluding diaryl/α,β-unsaturated/α-hetero) is 2. The van der Waals surface area contributed by atoms with Crippen molar-refractivity contribution < 1.29 is 9.59 Å². The molecule has 1 aliphatic carbocycles. The smallest absolute Gasteiger partial charge is 0.161 e. The SMILES string of the molecule is CC(=O)C1(C#N)/C(=C\c2ccccc2)C(=O)CC1c1ccccc1. The largest absolute Gasteiger partial charge is 0.298 e. The van der Waals surface area contributed by atoms with E-state index in [1.807, 2.05) is 60.7 Å². The number of nitriles is 1. The van der Waals surface area contributed by atoms with E-state index in [0.717, 1.165) is 11.1 Å². The number of carbonyl (C=O) groups is 2. The van der Waals surface area contributed by atoms with Crippen molar-refractivity contribution in [2.75, 3.05) is 0 Å². The molecule has 1 fully saturated rings. The summed E-state index contributed by atoms with van der Waals surface area (Å²) in [7, 11) is 0. The first-order chi connectivity index (χ1) is 11.6. The molecule has 2 aromatic carbocycles. The lowest BCUT2D eigenvalue weighted by Crippen LogP contribution is -2.32. The number of ketones is 2. The molecule has 1 aliphatic rings. The maximum atomic E-state index is 12.7. The molecule has 1 saturated carbocycles. The molecule has 3 nitrogen and oxygen atoms in total. The number of benzene rings is 2. The molecule has 0 saturated heterocycles. The van der Waals surface area contributed by atoms with Gasteiger partial charge in [0.15, 0.2) is 17.0 Å². The van der Waals surface area contributed by atoms with Gasteiger partial charge in [0.1, 0.15) is 0 Å². The molecule has 3 heteroatoms. The first-order valence-corrected chi connectivity index (χ1v) is 7.87. The van der Waals surface area contributed by atoms with Crippen molar-refractivity contribution in [3.05, 3.63) is 77.4 Å². The van der Waals surface area contributed by atoms with E-state index in [-0.39, 0.29) is 18.0 Å². The summed E-state index contributed by atoms with van der Waals surface area (Å²) in [6, 6.07) is 20.9. The van der Waals surface area contributed by atoms with E-state index in [2.05, 4.69) is 6.07 Å². The molecule has 0 heterocycles. The van der Waals surface area contributed by atoms with Gasteiger partial charge in [-0.05, 0) is 24.1 Å². The monoisotopic (exact) mass is 315 g/mol. The van der Waals surface area contributed by atoms with E-state index < -0.39 is 11.3 Å². The summed E-state index contributed by atoms with van der Waals surface area (Å²) in [5.74, 6) is -0.861. The Kier molecular flexibility index (Phi) is 4.14. The molecule has 0 radical (unpaired) electrons. The third-order valence-electron chi connectivity index (χ3n) is 4.68. The topological polar surface area (TPSA) is 57.9 Å². The van der Waals surface area contributed by atoms with Crippen LogP contribution in [0.2, 0.25) is 0 Å². The van der Waals surface area contributed by atoms with Crippen molar-refractivity contribution in [1.82, 2.24) is 0 Å². The van der Waals surface area contributed by atoms with Crippen LogP contribution in [0.15, 0.2) is 66.2 Å². The average molecular weight is 315 g/mol. The zero-order valence-corrected chi connectivity index (χ0v) is 13.4. The molecule has 2 atom stereocenters. The normalized spacial score (nSPS) is 24.8. The quantitative estimate of drug-likeness (QED) is 0.806. The van der Waals surface area contributed by atoms with Crippen LogP contribution in [-0.4, -0.2) is 11.6 Å². The van der Waals surface area contributed by atoms with Gasteiger partial charge in [0.2, 0.25) is 0 Å². The van der Waals surface area contributed by atoms with Crippen LogP contribution in [0.1, 0.15) is 30.4 Å². The lowest BCUT2D eigenvalue weighted by molar-refractivity contribution is -0.123. The second-order valence-electron chi connectivity index (χ2n) is 6.04. The molecule has 0 bridgehead atoms. The van der Waals surface area contributed by atoms with Crippen LogP contribution in [-0.2, 0) is 9.59 Å². The molecule has 0 aromatic heterocycles. The highest BCUT2D eigenvalue weighted by molar-refractivity contribution is 6.13. The van der Waals surface area contributed by atoms with Crippen LogP contribution in [0.4, 0.5) is 0 Å². The van der Waals surface area contributed by atoms with Crippen LogP contribution >= 0.6 is 0 Å². The van der Waals surface area contributed by atoms with E-state index in [9.17, 15) is 14.9 Å². The highest BCUT2D eigenvalue weighted by Crippen LogP contribution is 2.52. The zero-order valence-electron chi connectivity index (χ0n) is 13.4. The third-order valence-corrected chi connectivity index (χ3v) is 4.68. The molecular formula is C21H17NO2. The molecule has 2 aromatic rings. The number of allylic oxidation sites excluding steroid dienone is 1. The van der Waals surface area contributed by atoms with E-state index >= 15 is 0 Å². The Morgan fingerprint density at radius 2 is 1.71 bits per heavy atom. The van der Waals surface area contributed by atoms with Gasteiger partial charge in [-0.3, -0.25) is 9.59 Å². The van der Waals surface area contributed by atoms with E-state index in [4.69, 9.17) is 0 Å². The highest BCUT2D eigenvalue weighted by Gasteiger charge is 2.55. The lowest BCUT2D eigenvalue weighted by Gasteiger charge is -2.26. The van der Waals surface area contributed by atoms with Crippen LogP contribution in [0.25, 0.3) is 6.08 Å². The van der Waals surface area contributed by atoms with Crippen LogP contribution in [0.5, 0.6) is 0 Å². The van der Waals surface area contributed by atoms with Gasteiger partial charge >= 0.3 is 0 Å². The van der Waals surface area contributed by atoms with Crippen molar-refractivity contribution in [3.63, 3.8) is 0 Å². The Balaban J connectivity index is 2.19. The fraction of sp³-hybridized carbons (Fsp3) is 0.190. The van der Waals surface area contributed by atoms with Gasteiger partial charge < -0.3 is 0 Å². The predicted octanol–water partition coefficient (Wildman–Crippen LogP) is 3.93. The first-order valence-electron chi connectivity index (χ1n) is 7.87. The maximum absolute atomic E-state index is 12.7. The minimum Gasteiger partial charge on any atom is -0.298 e. The van der Waals surface area contributed by atoms with Crippen molar-refractivity contribution >= 4 is 17.6 Å². The second kappa shape index (κ2) is 6.25. The van der Waals surface area contributed by atoms with Crippen LogP contribution in [0.3, 0.4) is 0 Å². The number of hydrogen-bond acceptors (Lipinski definition) is 3. The van der Waals surface area contributed by atoms with Gasteiger partial charge in [-0.25, -0.2) is 0 Å². The molecule has 0 spiro atoms. The van der Waals surface area contributed by atoms with Gasteiger partial charge in [0.05, 0.1) is 6.07 Å². The molecular weight excluding hydrogens is 298 g/mol. The number of nitrogens with zero attached hydrogens (tertiary/aromatic N) is 1. The predicted molar refractivity (Wildman–Crippen MR) is 92.0 cm³/mol. The molecule has 0 N–H and O–H groups in total. The Morgan fingerprint density at radius 1 is 1.12 bits per heavy atom. The van der Waals surface area contributed by atoms with Gasteiger partial charge in [0, 0.05) is 17.9 Å².